The highest BCUT2D eigenvalue weighted by Gasteiger charge is 2.19. The molecular weight excluding hydrogens is 182 g/mol. The molecule has 1 N–H and O–H groups in total. The third kappa shape index (κ3) is 1.45. The van der Waals surface area contributed by atoms with Crippen molar-refractivity contribution in [2.24, 2.45) is 0 Å². The van der Waals surface area contributed by atoms with Crippen LogP contribution < -0.4 is 5.32 Å². The molecule has 5 heteroatoms. The van der Waals surface area contributed by atoms with Crippen LogP contribution in [0.4, 0.5) is 5.95 Å². The van der Waals surface area contributed by atoms with E-state index in [0.29, 0.717) is 12.3 Å². The predicted molar refractivity (Wildman–Crippen MR) is 51.3 cm³/mol. The molecular formula is C9H13N3O2. The maximum atomic E-state index is 11.5. The molecule has 0 amide bonds. The fraction of sp³-hybridized carbons (Fsp3) is 0.556. The highest BCUT2D eigenvalue weighted by Crippen LogP contribution is 2.16. The van der Waals surface area contributed by atoms with Gasteiger partial charge in [0, 0.05) is 13.1 Å². The monoisotopic (exact) mass is 195 g/mol. The number of nitrogens with zero attached hydrogens (tertiary/aromatic N) is 2. The van der Waals surface area contributed by atoms with Crippen LogP contribution in [0.1, 0.15) is 23.8 Å². The molecule has 0 saturated carbocycles. The molecule has 0 fully saturated rings. The van der Waals surface area contributed by atoms with E-state index in [0.717, 1.165) is 25.5 Å². The first-order valence-electron chi connectivity index (χ1n) is 4.79. The molecule has 14 heavy (non-hydrogen) atoms. The zero-order valence-electron chi connectivity index (χ0n) is 8.12. The Morgan fingerprint density at radius 3 is 3.43 bits per heavy atom. The van der Waals surface area contributed by atoms with Crippen LogP contribution in [0.2, 0.25) is 0 Å². The lowest BCUT2D eigenvalue weighted by atomic mass is 10.3. The molecule has 76 valence electrons. The second kappa shape index (κ2) is 3.69. The first kappa shape index (κ1) is 9.05. The Labute approximate surface area is 82.1 Å². The fourth-order valence-electron chi connectivity index (χ4n) is 1.55. The number of imidazole rings is 1. The number of hydrogen-bond donors (Lipinski definition) is 1. The van der Waals surface area contributed by atoms with Gasteiger partial charge in [0.1, 0.15) is 5.69 Å². The second-order valence-electron chi connectivity index (χ2n) is 3.12. The summed E-state index contributed by atoms with van der Waals surface area (Å²) in [4.78, 5) is 15.6. The molecule has 5 nitrogen and oxygen atoms in total. The standard InChI is InChI=1S/C9H13N3O2/c1-2-14-8(13)7-6-11-9-10-4-3-5-12(7)9/h6H,2-5H2,1H3,(H,10,11). The summed E-state index contributed by atoms with van der Waals surface area (Å²) >= 11 is 0. The number of carbonyl (C=O) groups is 1. The molecule has 1 aromatic heterocycles. The zero-order valence-corrected chi connectivity index (χ0v) is 8.12. The fourth-order valence-corrected chi connectivity index (χ4v) is 1.55. The molecule has 0 unspecified atom stereocenters. The lowest BCUT2D eigenvalue weighted by molar-refractivity contribution is 0.0513. The summed E-state index contributed by atoms with van der Waals surface area (Å²) in [5.74, 6) is 0.467. The smallest absolute Gasteiger partial charge is 0.356 e. The molecule has 0 radical (unpaired) electrons. The first-order chi connectivity index (χ1) is 6.83. The largest absolute Gasteiger partial charge is 0.461 e. The van der Waals surface area contributed by atoms with Crippen molar-refractivity contribution in [3.8, 4) is 0 Å². The van der Waals surface area contributed by atoms with Gasteiger partial charge >= 0.3 is 5.97 Å². The van der Waals surface area contributed by atoms with Crippen LogP contribution in [0.25, 0.3) is 0 Å². The molecule has 2 heterocycles. The van der Waals surface area contributed by atoms with Crippen LogP contribution in [0.5, 0.6) is 0 Å². The lowest BCUT2D eigenvalue weighted by Crippen LogP contribution is -2.21. The van der Waals surface area contributed by atoms with Crippen molar-refractivity contribution in [1.82, 2.24) is 9.55 Å². The van der Waals surface area contributed by atoms with Crippen molar-refractivity contribution in [2.45, 2.75) is 19.9 Å². The third-order valence-corrected chi connectivity index (χ3v) is 2.18. The minimum atomic E-state index is -0.296. The Morgan fingerprint density at radius 2 is 2.64 bits per heavy atom. The van der Waals surface area contributed by atoms with E-state index in [1.165, 1.54) is 0 Å². The minimum Gasteiger partial charge on any atom is -0.461 e. The average Bonchev–Trinajstić information content (AvgIpc) is 2.61. The highest BCUT2D eigenvalue weighted by atomic mass is 16.5. The van der Waals surface area contributed by atoms with Crippen molar-refractivity contribution >= 4 is 11.9 Å². The Balaban J connectivity index is 2.25. The van der Waals surface area contributed by atoms with Gasteiger partial charge in [-0.05, 0) is 13.3 Å². The lowest BCUT2D eigenvalue weighted by Gasteiger charge is -2.16. The van der Waals surface area contributed by atoms with Crippen molar-refractivity contribution in [2.75, 3.05) is 18.5 Å². The van der Waals surface area contributed by atoms with Crippen LogP contribution in [0.15, 0.2) is 6.20 Å². The number of ether oxygens (including phenoxy) is 1. The number of hydrogen-bond acceptors (Lipinski definition) is 4. The van der Waals surface area contributed by atoms with Crippen molar-refractivity contribution in [3.05, 3.63) is 11.9 Å². The Bertz CT molecular complexity index is 346. The molecule has 0 bridgehead atoms. The molecule has 1 aromatic rings. The van der Waals surface area contributed by atoms with Gasteiger partial charge in [0.25, 0.3) is 0 Å². The van der Waals surface area contributed by atoms with E-state index in [1.54, 1.807) is 13.1 Å². The van der Waals surface area contributed by atoms with Gasteiger partial charge in [0.2, 0.25) is 5.95 Å². The zero-order chi connectivity index (χ0) is 9.97. The van der Waals surface area contributed by atoms with Gasteiger partial charge in [-0.2, -0.15) is 0 Å². The van der Waals surface area contributed by atoms with Crippen LogP contribution in [0, 0.1) is 0 Å². The van der Waals surface area contributed by atoms with Crippen LogP contribution in [-0.4, -0.2) is 28.7 Å². The SMILES string of the molecule is CCOC(=O)c1cnc2n1CCCN2. The highest BCUT2D eigenvalue weighted by molar-refractivity contribution is 5.88. The number of fused-ring (bicyclic) bond motifs is 1. The summed E-state index contributed by atoms with van der Waals surface area (Å²) in [6, 6.07) is 0. The van der Waals surface area contributed by atoms with Crippen LogP contribution in [0.3, 0.4) is 0 Å². The van der Waals surface area contributed by atoms with E-state index < -0.39 is 0 Å². The summed E-state index contributed by atoms with van der Waals surface area (Å²) < 4.78 is 6.79. The van der Waals surface area contributed by atoms with Gasteiger partial charge in [0.15, 0.2) is 0 Å². The van der Waals surface area contributed by atoms with Crippen molar-refractivity contribution < 1.29 is 9.53 Å². The van der Waals surface area contributed by atoms with Crippen molar-refractivity contribution in [3.63, 3.8) is 0 Å². The average molecular weight is 195 g/mol. The summed E-state index contributed by atoms with van der Waals surface area (Å²) in [7, 11) is 0. The van der Waals surface area contributed by atoms with E-state index in [2.05, 4.69) is 10.3 Å². The van der Waals surface area contributed by atoms with Gasteiger partial charge in [-0.3, -0.25) is 0 Å². The summed E-state index contributed by atoms with van der Waals surface area (Å²) in [6.07, 6.45) is 2.57. The molecule has 0 spiro atoms. The Kier molecular flexibility index (Phi) is 2.39. The molecule has 0 aromatic carbocycles. The van der Waals surface area contributed by atoms with Gasteiger partial charge in [-0.15, -0.1) is 0 Å². The maximum absolute atomic E-state index is 11.5. The minimum absolute atomic E-state index is 0.296. The second-order valence-corrected chi connectivity index (χ2v) is 3.12. The Morgan fingerprint density at radius 1 is 1.79 bits per heavy atom. The predicted octanol–water partition coefficient (Wildman–Crippen LogP) is 0.875. The number of nitrogens with one attached hydrogen (secondary N) is 1. The number of aromatic nitrogens is 2. The van der Waals surface area contributed by atoms with Gasteiger partial charge in [-0.25, -0.2) is 9.78 Å². The summed E-state index contributed by atoms with van der Waals surface area (Å²) in [5.41, 5.74) is 0.536. The number of esters is 1. The summed E-state index contributed by atoms with van der Waals surface area (Å²) in [5, 5.41) is 3.12. The van der Waals surface area contributed by atoms with E-state index in [1.807, 2.05) is 4.57 Å². The van der Waals surface area contributed by atoms with Gasteiger partial charge in [-0.1, -0.05) is 0 Å². The van der Waals surface area contributed by atoms with Crippen LogP contribution in [-0.2, 0) is 11.3 Å². The molecule has 0 atom stereocenters. The van der Waals surface area contributed by atoms with Crippen molar-refractivity contribution in [1.29, 1.82) is 0 Å². The van der Waals surface area contributed by atoms with Gasteiger partial charge < -0.3 is 14.6 Å². The van der Waals surface area contributed by atoms with Gasteiger partial charge in [0.05, 0.1) is 12.8 Å². The maximum Gasteiger partial charge on any atom is 0.356 e. The van der Waals surface area contributed by atoms with E-state index in [9.17, 15) is 4.79 Å². The number of anilines is 1. The summed E-state index contributed by atoms with van der Waals surface area (Å²) in [6.45, 7) is 3.94. The third-order valence-electron chi connectivity index (χ3n) is 2.18. The van der Waals surface area contributed by atoms with E-state index >= 15 is 0 Å². The normalized spacial score (nSPS) is 14.4. The molecule has 0 saturated heterocycles. The quantitative estimate of drug-likeness (QED) is 0.711. The molecule has 1 aliphatic heterocycles. The van der Waals surface area contributed by atoms with E-state index in [-0.39, 0.29) is 5.97 Å². The molecule has 1 aliphatic rings. The Hall–Kier alpha value is -1.52. The number of carbonyl (C=O) groups excluding carboxylic acids is 1. The first-order valence-corrected chi connectivity index (χ1v) is 4.79. The topological polar surface area (TPSA) is 56.1 Å². The number of rotatable bonds is 2. The van der Waals surface area contributed by atoms with E-state index in [4.69, 9.17) is 4.74 Å². The molecule has 0 aliphatic carbocycles. The van der Waals surface area contributed by atoms with Crippen LogP contribution >= 0.6 is 0 Å². The molecule has 2 rings (SSSR count).